The van der Waals surface area contributed by atoms with Gasteiger partial charge in [-0.25, -0.2) is 0 Å². The smallest absolute Gasteiger partial charge is 0.236 e. The van der Waals surface area contributed by atoms with Gasteiger partial charge in [0.1, 0.15) is 0 Å². The summed E-state index contributed by atoms with van der Waals surface area (Å²) in [7, 11) is 2.02. The second kappa shape index (κ2) is 7.85. The van der Waals surface area contributed by atoms with Crippen molar-refractivity contribution in [1.29, 1.82) is 0 Å². The molecule has 21 heavy (non-hydrogen) atoms. The van der Waals surface area contributed by atoms with Gasteiger partial charge in [0.25, 0.3) is 0 Å². The van der Waals surface area contributed by atoms with Gasteiger partial charge in [0, 0.05) is 24.0 Å². The van der Waals surface area contributed by atoms with Crippen molar-refractivity contribution in [3.05, 3.63) is 29.8 Å². The fourth-order valence-corrected chi connectivity index (χ4v) is 3.30. The minimum Gasteiger partial charge on any atom is -0.339 e. The molecule has 1 atom stereocenters. The van der Waals surface area contributed by atoms with Crippen molar-refractivity contribution in [1.82, 2.24) is 9.80 Å². The van der Waals surface area contributed by atoms with E-state index < -0.39 is 0 Å². The van der Waals surface area contributed by atoms with Gasteiger partial charge >= 0.3 is 0 Å². The fraction of sp³-hybridized carbons (Fsp3) is 0.588. The maximum absolute atomic E-state index is 12.4. The number of thioether (sulfide) groups is 1. The van der Waals surface area contributed by atoms with E-state index in [-0.39, 0.29) is 5.91 Å². The molecule has 1 amide bonds. The summed E-state index contributed by atoms with van der Waals surface area (Å²) >= 11 is 1.75. The van der Waals surface area contributed by atoms with E-state index in [9.17, 15) is 4.79 Å². The topological polar surface area (TPSA) is 23.6 Å². The molecular formula is C17H26N2OS. The Morgan fingerprint density at radius 2 is 2.05 bits per heavy atom. The normalized spacial score (nSPS) is 19.0. The molecule has 0 N–H and O–H groups in total. The number of carbonyl (C=O) groups excluding carboxylic acids is 1. The Morgan fingerprint density at radius 3 is 2.67 bits per heavy atom. The van der Waals surface area contributed by atoms with Crippen LogP contribution in [0.2, 0.25) is 0 Å². The second-order valence-electron chi connectivity index (χ2n) is 5.95. The summed E-state index contributed by atoms with van der Waals surface area (Å²) in [5.41, 5.74) is 1.26. The molecule has 1 saturated heterocycles. The average Bonchev–Trinajstić information content (AvgIpc) is 2.48. The number of nitrogens with zero attached hydrogens (tertiary/aromatic N) is 2. The summed E-state index contributed by atoms with van der Waals surface area (Å²) in [6.45, 7) is 4.42. The minimum absolute atomic E-state index is 0.269. The number of hydrogen-bond donors (Lipinski definition) is 0. The Labute approximate surface area is 132 Å². The lowest BCUT2D eigenvalue weighted by Gasteiger charge is -2.34. The highest BCUT2D eigenvalue weighted by molar-refractivity contribution is 7.98. The van der Waals surface area contributed by atoms with Gasteiger partial charge in [0.05, 0.1) is 6.54 Å². The maximum Gasteiger partial charge on any atom is 0.236 e. The van der Waals surface area contributed by atoms with E-state index in [0.29, 0.717) is 12.6 Å². The number of hydrogen-bond acceptors (Lipinski definition) is 3. The van der Waals surface area contributed by atoms with Gasteiger partial charge in [-0.2, -0.15) is 0 Å². The van der Waals surface area contributed by atoms with Crippen LogP contribution in [0, 0.1) is 0 Å². The molecule has 0 saturated carbocycles. The Balaban J connectivity index is 1.85. The maximum atomic E-state index is 12.4. The van der Waals surface area contributed by atoms with E-state index in [1.54, 1.807) is 11.8 Å². The zero-order chi connectivity index (χ0) is 15.2. The third kappa shape index (κ3) is 4.75. The summed E-state index contributed by atoms with van der Waals surface area (Å²) in [5.74, 6) is 0.269. The molecule has 1 aromatic carbocycles. The highest BCUT2D eigenvalue weighted by atomic mass is 32.2. The molecule has 0 aliphatic carbocycles. The predicted octanol–water partition coefficient (Wildman–Crippen LogP) is 3.24. The van der Waals surface area contributed by atoms with Gasteiger partial charge in [-0.15, -0.1) is 11.8 Å². The predicted molar refractivity (Wildman–Crippen MR) is 89.6 cm³/mol. The van der Waals surface area contributed by atoms with E-state index in [4.69, 9.17) is 0 Å². The van der Waals surface area contributed by atoms with Crippen LogP contribution in [0.1, 0.15) is 31.7 Å². The summed E-state index contributed by atoms with van der Waals surface area (Å²) in [6, 6.07) is 8.98. The average molecular weight is 306 g/mol. The lowest BCUT2D eigenvalue weighted by Crippen LogP contribution is -2.46. The standard InChI is InChI=1S/C17H26N2OS/c1-14-6-4-5-11-19(14)17(20)13-18(2)12-15-7-9-16(21-3)10-8-15/h7-10,14H,4-6,11-13H2,1-3H3. The number of carbonyl (C=O) groups is 1. The molecule has 1 aliphatic heterocycles. The Morgan fingerprint density at radius 1 is 1.33 bits per heavy atom. The highest BCUT2D eigenvalue weighted by Gasteiger charge is 2.23. The Bertz CT molecular complexity index is 460. The quantitative estimate of drug-likeness (QED) is 0.780. The van der Waals surface area contributed by atoms with Gasteiger partial charge in [-0.1, -0.05) is 12.1 Å². The van der Waals surface area contributed by atoms with Crippen LogP contribution in [0.4, 0.5) is 0 Å². The van der Waals surface area contributed by atoms with Crippen molar-refractivity contribution in [2.45, 2.75) is 43.7 Å². The Hall–Kier alpha value is -1.00. The van der Waals surface area contributed by atoms with Crippen LogP contribution in [-0.2, 0) is 11.3 Å². The van der Waals surface area contributed by atoms with Crippen LogP contribution in [-0.4, -0.2) is 48.1 Å². The SMILES string of the molecule is CSc1ccc(CN(C)CC(=O)N2CCCCC2C)cc1. The first kappa shape index (κ1) is 16.4. The van der Waals surface area contributed by atoms with Gasteiger partial charge in [-0.3, -0.25) is 9.69 Å². The number of amides is 1. The van der Waals surface area contributed by atoms with E-state index in [1.165, 1.54) is 16.9 Å². The van der Waals surface area contributed by atoms with Crippen molar-refractivity contribution in [2.24, 2.45) is 0 Å². The number of likely N-dealkylation sites (tertiary alicyclic amines) is 1. The second-order valence-corrected chi connectivity index (χ2v) is 6.83. The van der Waals surface area contributed by atoms with Gasteiger partial charge in [0.2, 0.25) is 5.91 Å². The molecule has 0 bridgehead atoms. The van der Waals surface area contributed by atoms with Crippen molar-refractivity contribution in [2.75, 3.05) is 26.4 Å². The first-order valence-electron chi connectivity index (χ1n) is 7.71. The minimum atomic E-state index is 0.269. The molecule has 1 aromatic rings. The summed E-state index contributed by atoms with van der Waals surface area (Å²) in [6.07, 6.45) is 5.63. The lowest BCUT2D eigenvalue weighted by molar-refractivity contribution is -0.135. The van der Waals surface area contributed by atoms with Crippen LogP contribution in [0.15, 0.2) is 29.2 Å². The first-order chi connectivity index (χ1) is 10.1. The zero-order valence-corrected chi connectivity index (χ0v) is 14.2. The van der Waals surface area contributed by atoms with Crippen LogP contribution in [0.5, 0.6) is 0 Å². The van der Waals surface area contributed by atoms with Gasteiger partial charge in [-0.05, 0) is 57.2 Å². The van der Waals surface area contributed by atoms with Crippen molar-refractivity contribution < 1.29 is 4.79 Å². The molecule has 0 aromatic heterocycles. The van der Waals surface area contributed by atoms with E-state index >= 15 is 0 Å². The summed E-state index contributed by atoms with van der Waals surface area (Å²) in [4.78, 5) is 17.8. The van der Waals surface area contributed by atoms with Gasteiger partial charge in [0.15, 0.2) is 0 Å². The molecule has 116 valence electrons. The van der Waals surface area contributed by atoms with E-state index in [0.717, 1.165) is 25.9 Å². The molecule has 1 unspecified atom stereocenters. The molecule has 0 spiro atoms. The number of piperidine rings is 1. The Kier molecular flexibility index (Phi) is 6.12. The molecule has 2 rings (SSSR count). The first-order valence-corrected chi connectivity index (χ1v) is 8.93. The lowest BCUT2D eigenvalue weighted by atomic mass is 10.0. The van der Waals surface area contributed by atoms with Crippen molar-refractivity contribution >= 4 is 17.7 Å². The van der Waals surface area contributed by atoms with E-state index in [2.05, 4.69) is 47.2 Å². The summed E-state index contributed by atoms with van der Waals surface area (Å²) < 4.78 is 0. The number of likely N-dealkylation sites (N-methyl/N-ethyl adjacent to an activating group) is 1. The highest BCUT2D eigenvalue weighted by Crippen LogP contribution is 2.18. The third-order valence-corrected chi connectivity index (χ3v) is 4.88. The number of benzene rings is 1. The fourth-order valence-electron chi connectivity index (χ4n) is 2.89. The van der Waals surface area contributed by atoms with Crippen molar-refractivity contribution in [3.63, 3.8) is 0 Å². The molecule has 1 heterocycles. The van der Waals surface area contributed by atoms with Gasteiger partial charge < -0.3 is 4.90 Å². The van der Waals surface area contributed by atoms with Crippen LogP contribution in [0.3, 0.4) is 0 Å². The number of rotatable bonds is 5. The van der Waals surface area contributed by atoms with Crippen molar-refractivity contribution in [3.8, 4) is 0 Å². The van der Waals surface area contributed by atoms with Crippen LogP contribution < -0.4 is 0 Å². The molecule has 1 fully saturated rings. The van der Waals surface area contributed by atoms with Crippen LogP contribution in [0.25, 0.3) is 0 Å². The zero-order valence-electron chi connectivity index (χ0n) is 13.3. The summed E-state index contributed by atoms with van der Waals surface area (Å²) in [5, 5.41) is 0. The third-order valence-electron chi connectivity index (χ3n) is 4.14. The van der Waals surface area contributed by atoms with Crippen LogP contribution >= 0.6 is 11.8 Å². The molecule has 1 aliphatic rings. The monoisotopic (exact) mass is 306 g/mol. The van der Waals surface area contributed by atoms with E-state index in [1.807, 2.05) is 7.05 Å². The molecule has 3 nitrogen and oxygen atoms in total. The largest absolute Gasteiger partial charge is 0.339 e. The molecule has 0 radical (unpaired) electrons. The molecular weight excluding hydrogens is 280 g/mol. The molecule has 4 heteroatoms.